The van der Waals surface area contributed by atoms with Crippen LogP contribution in [0.25, 0.3) is 11.1 Å². The molecule has 0 saturated carbocycles. The molecule has 1 nitrogen and oxygen atoms in total. The van der Waals surface area contributed by atoms with Crippen LogP contribution < -0.4 is 0 Å². The van der Waals surface area contributed by atoms with Gasteiger partial charge in [-0.25, -0.2) is 0 Å². The first kappa shape index (κ1) is 18.4. The summed E-state index contributed by atoms with van der Waals surface area (Å²) in [4.78, 5) is 0. The largest absolute Gasteiger partial charge is 0.381 e. The van der Waals surface area contributed by atoms with E-state index in [-0.39, 0.29) is 1.43 Å². The Hall–Kier alpha value is -1.60. The first-order valence-corrected chi connectivity index (χ1v) is 8.38. The highest BCUT2D eigenvalue weighted by molar-refractivity contribution is 5.62. The van der Waals surface area contributed by atoms with Crippen molar-refractivity contribution in [2.45, 2.75) is 40.0 Å². The van der Waals surface area contributed by atoms with Crippen molar-refractivity contribution in [3.8, 4) is 11.1 Å². The van der Waals surface area contributed by atoms with Gasteiger partial charge in [0.1, 0.15) is 0 Å². The Labute approximate surface area is 137 Å². The third-order valence-corrected chi connectivity index (χ3v) is 2.96. The van der Waals surface area contributed by atoms with E-state index in [2.05, 4.69) is 69.3 Å². The second kappa shape index (κ2) is 12.0. The molecule has 0 aromatic heterocycles. The molecule has 3 rings (SSSR count). The maximum absolute atomic E-state index is 5.07. The lowest BCUT2D eigenvalue weighted by molar-refractivity contribution is 0.0968. The van der Waals surface area contributed by atoms with E-state index >= 15 is 0 Å². The normalized spacial score (nSPS) is 13.5. The molecule has 0 spiro atoms. The average Bonchev–Trinajstić information content (AvgIpc) is 2.58. The van der Waals surface area contributed by atoms with Gasteiger partial charge in [-0.2, -0.15) is 0 Å². The van der Waals surface area contributed by atoms with Gasteiger partial charge in [0, 0.05) is 14.6 Å². The smallest absolute Gasteiger partial charge is 0.0466 e. The molecule has 0 N–H and O–H groups in total. The minimum absolute atomic E-state index is 0. The lowest BCUT2D eigenvalue weighted by atomic mass is 10.1. The van der Waals surface area contributed by atoms with Gasteiger partial charge in [0.05, 0.1) is 0 Å². The number of hydrogen-bond acceptors (Lipinski definition) is 1. The fourth-order valence-corrected chi connectivity index (χ4v) is 1.95. The number of benzene rings is 2. The third-order valence-electron chi connectivity index (χ3n) is 2.96. The molecule has 0 unspecified atom stereocenters. The molecule has 1 aliphatic rings. The molecule has 0 bridgehead atoms. The van der Waals surface area contributed by atoms with Crippen LogP contribution in [0.15, 0.2) is 60.7 Å². The molecule has 1 saturated heterocycles. The fraction of sp³-hybridized carbons (Fsp3) is 0.429. The lowest BCUT2D eigenvalue weighted by Crippen LogP contribution is -2.03. The highest BCUT2D eigenvalue weighted by Crippen LogP contribution is 2.17. The SMILES string of the molecule is C1CCOCC1.CC(C)C.[HH].c1ccc(-c2ccccc2)cc1. The Balaban J connectivity index is 0.000000372. The third kappa shape index (κ3) is 9.36. The second-order valence-corrected chi connectivity index (χ2v) is 6.14. The first-order chi connectivity index (χ1) is 10.7. The van der Waals surface area contributed by atoms with Crippen LogP contribution in [-0.4, -0.2) is 13.2 Å². The van der Waals surface area contributed by atoms with E-state index < -0.39 is 0 Å². The van der Waals surface area contributed by atoms with Crippen LogP contribution in [0.4, 0.5) is 0 Å². The summed E-state index contributed by atoms with van der Waals surface area (Å²) < 4.78 is 5.07. The Morgan fingerprint density at radius 3 is 1.27 bits per heavy atom. The van der Waals surface area contributed by atoms with Crippen molar-refractivity contribution in [3.63, 3.8) is 0 Å². The van der Waals surface area contributed by atoms with Gasteiger partial charge in [-0.3, -0.25) is 0 Å². The van der Waals surface area contributed by atoms with Gasteiger partial charge in [-0.15, -0.1) is 0 Å². The summed E-state index contributed by atoms with van der Waals surface area (Å²) in [6.45, 7) is 8.50. The van der Waals surface area contributed by atoms with Gasteiger partial charge < -0.3 is 4.74 Å². The predicted octanol–water partition coefficient (Wildman–Crippen LogP) is 6.45. The van der Waals surface area contributed by atoms with Crippen LogP contribution in [0.3, 0.4) is 0 Å². The molecule has 0 radical (unpaired) electrons. The summed E-state index contributed by atoms with van der Waals surface area (Å²) in [5, 5.41) is 0. The Morgan fingerprint density at radius 2 is 1.05 bits per heavy atom. The molecule has 2 aromatic rings. The van der Waals surface area contributed by atoms with Crippen LogP contribution in [-0.2, 0) is 4.74 Å². The van der Waals surface area contributed by atoms with E-state index in [1.54, 1.807) is 0 Å². The van der Waals surface area contributed by atoms with Crippen molar-refractivity contribution in [2.24, 2.45) is 5.92 Å². The van der Waals surface area contributed by atoms with Crippen molar-refractivity contribution in [2.75, 3.05) is 13.2 Å². The van der Waals surface area contributed by atoms with E-state index in [0.29, 0.717) is 0 Å². The Morgan fingerprint density at radius 1 is 0.682 bits per heavy atom. The van der Waals surface area contributed by atoms with Crippen LogP contribution in [0.1, 0.15) is 41.5 Å². The zero-order valence-electron chi connectivity index (χ0n) is 14.3. The summed E-state index contributed by atoms with van der Waals surface area (Å²) >= 11 is 0. The molecule has 1 heteroatoms. The summed E-state index contributed by atoms with van der Waals surface area (Å²) in [5.41, 5.74) is 2.55. The molecule has 1 fully saturated rings. The van der Waals surface area contributed by atoms with Gasteiger partial charge in [0.25, 0.3) is 0 Å². The second-order valence-electron chi connectivity index (χ2n) is 6.14. The van der Waals surface area contributed by atoms with Gasteiger partial charge in [-0.05, 0) is 36.3 Å². The summed E-state index contributed by atoms with van der Waals surface area (Å²) in [6, 6.07) is 20.8. The molecule has 0 atom stereocenters. The van der Waals surface area contributed by atoms with E-state index in [9.17, 15) is 0 Å². The van der Waals surface area contributed by atoms with Gasteiger partial charge >= 0.3 is 0 Å². The van der Waals surface area contributed by atoms with Crippen LogP contribution in [0.5, 0.6) is 0 Å². The zero-order chi connectivity index (χ0) is 16.0. The van der Waals surface area contributed by atoms with E-state index in [0.717, 1.165) is 19.1 Å². The molecule has 0 aliphatic carbocycles. The van der Waals surface area contributed by atoms with Gasteiger partial charge in [-0.1, -0.05) is 81.4 Å². The van der Waals surface area contributed by atoms with Crippen LogP contribution in [0, 0.1) is 5.92 Å². The van der Waals surface area contributed by atoms with Crippen molar-refractivity contribution in [1.29, 1.82) is 0 Å². The molecule has 1 heterocycles. The standard InChI is InChI=1S/C12H10.C5H10O.C4H10.H2/c1-3-7-11(8-4-1)12-9-5-2-6-10-12;1-2-4-6-5-3-1;1-4(2)3;/h1-10H;1-5H2;4H,1-3H3;1H. The summed E-state index contributed by atoms with van der Waals surface area (Å²) in [5.74, 6) is 0.833. The van der Waals surface area contributed by atoms with Crippen molar-refractivity contribution in [3.05, 3.63) is 60.7 Å². The van der Waals surface area contributed by atoms with Gasteiger partial charge in [0.15, 0.2) is 0 Å². The summed E-state index contributed by atoms with van der Waals surface area (Å²) in [6.07, 6.45) is 3.93. The monoisotopic (exact) mass is 300 g/mol. The predicted molar refractivity (Wildman–Crippen MR) is 99.2 cm³/mol. The lowest BCUT2D eigenvalue weighted by Gasteiger charge is -2.08. The van der Waals surface area contributed by atoms with Crippen molar-refractivity contribution in [1.82, 2.24) is 0 Å². The van der Waals surface area contributed by atoms with E-state index in [1.807, 2.05) is 12.1 Å². The number of hydrogen-bond donors (Lipinski definition) is 0. The van der Waals surface area contributed by atoms with Crippen molar-refractivity contribution >= 4 is 0 Å². The fourth-order valence-electron chi connectivity index (χ4n) is 1.95. The highest BCUT2D eigenvalue weighted by atomic mass is 16.5. The van der Waals surface area contributed by atoms with Crippen molar-refractivity contribution < 1.29 is 6.16 Å². The van der Waals surface area contributed by atoms with E-state index in [4.69, 9.17) is 4.74 Å². The minimum Gasteiger partial charge on any atom is -0.381 e. The number of ether oxygens (including phenoxy) is 1. The molecular formula is C21H32O. The van der Waals surface area contributed by atoms with Crippen LogP contribution in [0.2, 0.25) is 0 Å². The molecule has 22 heavy (non-hydrogen) atoms. The van der Waals surface area contributed by atoms with Crippen LogP contribution >= 0.6 is 0 Å². The molecular weight excluding hydrogens is 268 g/mol. The topological polar surface area (TPSA) is 9.23 Å². The average molecular weight is 300 g/mol. The highest BCUT2D eigenvalue weighted by Gasteiger charge is 1.95. The molecule has 1 aliphatic heterocycles. The maximum Gasteiger partial charge on any atom is 0.0466 e. The quantitative estimate of drug-likeness (QED) is 0.588. The first-order valence-electron chi connectivity index (χ1n) is 8.38. The summed E-state index contributed by atoms with van der Waals surface area (Å²) in [7, 11) is 0. The molecule has 0 amide bonds. The van der Waals surface area contributed by atoms with E-state index in [1.165, 1.54) is 30.4 Å². The number of rotatable bonds is 1. The minimum atomic E-state index is 0. The Kier molecular flexibility index (Phi) is 10.1. The maximum atomic E-state index is 5.07. The molecule has 122 valence electrons. The zero-order valence-corrected chi connectivity index (χ0v) is 14.3. The molecule has 2 aromatic carbocycles. The van der Waals surface area contributed by atoms with Gasteiger partial charge in [0.2, 0.25) is 0 Å². The Bertz CT molecular complexity index is 412.